The second-order valence-electron chi connectivity index (χ2n) is 5.97. The minimum atomic E-state index is -0.175. The van der Waals surface area contributed by atoms with Gasteiger partial charge in [0.25, 0.3) is 0 Å². The number of aryl methyl sites for hydroxylation is 1. The van der Waals surface area contributed by atoms with E-state index >= 15 is 0 Å². The highest BCUT2D eigenvalue weighted by Crippen LogP contribution is 2.10. The van der Waals surface area contributed by atoms with E-state index in [2.05, 4.69) is 15.6 Å². The van der Waals surface area contributed by atoms with Crippen molar-refractivity contribution in [1.29, 1.82) is 0 Å². The Morgan fingerprint density at radius 2 is 2.08 bits per heavy atom. The van der Waals surface area contributed by atoms with Crippen LogP contribution in [-0.2, 0) is 16.0 Å². The van der Waals surface area contributed by atoms with Crippen molar-refractivity contribution in [2.24, 2.45) is 4.99 Å². The first-order valence-corrected chi connectivity index (χ1v) is 8.58. The Labute approximate surface area is 166 Å². The number of benzene rings is 1. The van der Waals surface area contributed by atoms with Gasteiger partial charge in [0.15, 0.2) is 5.96 Å². The van der Waals surface area contributed by atoms with E-state index in [4.69, 9.17) is 9.47 Å². The molecule has 0 unspecified atom stereocenters. The van der Waals surface area contributed by atoms with Crippen molar-refractivity contribution in [3.05, 3.63) is 35.1 Å². The summed E-state index contributed by atoms with van der Waals surface area (Å²) in [5, 5.41) is 6.50. The fraction of sp³-hybridized carbons (Fsp3) is 0.611. The monoisotopic (exact) mass is 465 g/mol. The molecule has 0 aromatic heterocycles. The lowest BCUT2D eigenvalue weighted by atomic mass is 10.1. The summed E-state index contributed by atoms with van der Waals surface area (Å²) in [7, 11) is 1.74. The number of nitrogens with zero attached hydrogens (tertiary/aromatic N) is 1. The van der Waals surface area contributed by atoms with E-state index in [1.807, 2.05) is 6.07 Å². The van der Waals surface area contributed by atoms with Gasteiger partial charge < -0.3 is 20.1 Å². The summed E-state index contributed by atoms with van der Waals surface area (Å²) in [4.78, 5) is 4.19. The van der Waals surface area contributed by atoms with Crippen LogP contribution in [-0.4, -0.2) is 45.5 Å². The van der Waals surface area contributed by atoms with Crippen LogP contribution in [0, 0.1) is 12.7 Å². The van der Waals surface area contributed by atoms with Crippen molar-refractivity contribution < 1.29 is 13.9 Å². The average molecular weight is 465 g/mol. The van der Waals surface area contributed by atoms with Gasteiger partial charge in [-0.05, 0) is 43.4 Å². The van der Waals surface area contributed by atoms with E-state index in [0.717, 1.165) is 57.2 Å². The topological polar surface area (TPSA) is 54.9 Å². The molecule has 0 atom stereocenters. The predicted octanol–water partition coefficient (Wildman–Crippen LogP) is 3.00. The minimum absolute atomic E-state index is 0. The van der Waals surface area contributed by atoms with Crippen molar-refractivity contribution in [3.8, 4) is 0 Å². The first-order valence-electron chi connectivity index (χ1n) is 8.58. The molecule has 7 heteroatoms. The van der Waals surface area contributed by atoms with Crippen molar-refractivity contribution in [2.45, 2.75) is 38.8 Å². The molecule has 1 saturated heterocycles. The summed E-state index contributed by atoms with van der Waals surface area (Å²) < 4.78 is 24.4. The van der Waals surface area contributed by atoms with Gasteiger partial charge >= 0.3 is 0 Å². The third-order valence-electron chi connectivity index (χ3n) is 4.04. The maximum absolute atomic E-state index is 13.3. The second-order valence-corrected chi connectivity index (χ2v) is 5.97. The van der Waals surface area contributed by atoms with Crippen LogP contribution >= 0.6 is 24.0 Å². The van der Waals surface area contributed by atoms with E-state index in [-0.39, 0.29) is 29.8 Å². The van der Waals surface area contributed by atoms with E-state index in [9.17, 15) is 4.39 Å². The fourth-order valence-electron chi connectivity index (χ4n) is 2.59. The van der Waals surface area contributed by atoms with E-state index < -0.39 is 0 Å². The molecule has 1 aliphatic heterocycles. The molecule has 142 valence electrons. The Morgan fingerprint density at radius 1 is 1.32 bits per heavy atom. The Balaban J connectivity index is 0.00000312. The number of halogens is 2. The lowest BCUT2D eigenvalue weighted by Gasteiger charge is -2.22. The Morgan fingerprint density at radius 3 is 2.76 bits per heavy atom. The van der Waals surface area contributed by atoms with Crippen LogP contribution in [0.4, 0.5) is 4.39 Å². The molecule has 1 heterocycles. The van der Waals surface area contributed by atoms with E-state index in [0.29, 0.717) is 18.2 Å². The molecule has 5 nitrogen and oxygen atoms in total. The third kappa shape index (κ3) is 8.33. The first-order chi connectivity index (χ1) is 11.7. The zero-order valence-corrected chi connectivity index (χ0v) is 17.3. The van der Waals surface area contributed by atoms with Gasteiger partial charge in [-0.2, -0.15) is 0 Å². The van der Waals surface area contributed by atoms with Crippen LogP contribution in [0.1, 0.15) is 30.4 Å². The largest absolute Gasteiger partial charge is 0.381 e. The van der Waals surface area contributed by atoms with Gasteiger partial charge in [-0.1, -0.05) is 12.1 Å². The van der Waals surface area contributed by atoms with Gasteiger partial charge in [0.1, 0.15) is 5.82 Å². The summed E-state index contributed by atoms with van der Waals surface area (Å²) in [5.74, 6) is 0.564. The van der Waals surface area contributed by atoms with E-state index in [1.54, 1.807) is 20.0 Å². The summed E-state index contributed by atoms with van der Waals surface area (Å²) in [6, 6.07) is 5.12. The molecule has 1 aromatic carbocycles. The molecule has 0 radical (unpaired) electrons. The van der Waals surface area contributed by atoms with Crippen LogP contribution in [0.15, 0.2) is 23.2 Å². The Bertz CT molecular complexity index is 537. The second kappa shape index (κ2) is 12.4. The summed E-state index contributed by atoms with van der Waals surface area (Å²) in [5.41, 5.74) is 1.68. The zero-order chi connectivity index (χ0) is 17.2. The van der Waals surface area contributed by atoms with E-state index in [1.165, 1.54) is 6.07 Å². The number of guanidine groups is 1. The molecular weight excluding hydrogens is 436 g/mol. The smallest absolute Gasteiger partial charge is 0.191 e. The van der Waals surface area contributed by atoms with Gasteiger partial charge in [-0.15, -0.1) is 24.0 Å². The van der Waals surface area contributed by atoms with Crippen LogP contribution in [0.3, 0.4) is 0 Å². The molecule has 2 rings (SSSR count). The molecule has 2 N–H and O–H groups in total. The van der Waals surface area contributed by atoms with Crippen molar-refractivity contribution in [3.63, 3.8) is 0 Å². The lowest BCUT2D eigenvalue weighted by molar-refractivity contribution is -0.0320. The van der Waals surface area contributed by atoms with Gasteiger partial charge in [0.2, 0.25) is 0 Å². The number of hydrogen-bond acceptors (Lipinski definition) is 3. The first kappa shape index (κ1) is 22.1. The van der Waals surface area contributed by atoms with Gasteiger partial charge in [0.05, 0.1) is 6.10 Å². The van der Waals surface area contributed by atoms with Crippen molar-refractivity contribution in [1.82, 2.24) is 10.6 Å². The van der Waals surface area contributed by atoms with Gasteiger partial charge in [-0.25, -0.2) is 4.39 Å². The van der Waals surface area contributed by atoms with Crippen LogP contribution < -0.4 is 10.6 Å². The normalized spacial score (nSPS) is 15.6. The molecule has 1 fully saturated rings. The predicted molar refractivity (Wildman–Crippen MR) is 109 cm³/mol. The molecule has 0 bridgehead atoms. The summed E-state index contributed by atoms with van der Waals surface area (Å²) in [6.45, 7) is 5.53. The van der Waals surface area contributed by atoms with Crippen molar-refractivity contribution >= 4 is 29.9 Å². The summed E-state index contributed by atoms with van der Waals surface area (Å²) >= 11 is 0. The highest BCUT2D eigenvalue weighted by molar-refractivity contribution is 14.0. The van der Waals surface area contributed by atoms with Crippen LogP contribution in [0.25, 0.3) is 0 Å². The molecule has 1 aliphatic rings. The molecule has 0 amide bonds. The molecule has 0 saturated carbocycles. The number of nitrogens with one attached hydrogen (secondary N) is 2. The molecule has 1 aromatic rings. The maximum Gasteiger partial charge on any atom is 0.191 e. The molecule has 0 spiro atoms. The van der Waals surface area contributed by atoms with Gasteiger partial charge in [-0.3, -0.25) is 4.99 Å². The highest BCUT2D eigenvalue weighted by Gasteiger charge is 2.13. The number of ether oxygens (including phenoxy) is 2. The Hall–Kier alpha value is -0.930. The maximum atomic E-state index is 13.3. The molecular formula is C18H29FIN3O2. The Kier molecular flexibility index (Phi) is 11.0. The SMILES string of the molecule is CN=C(NCCCOC1CCOCC1)NCc1ccc(F)c(C)c1.I. The molecule has 0 aliphatic carbocycles. The number of aliphatic imine (C=N–C) groups is 1. The number of rotatable bonds is 7. The number of hydrogen-bond donors (Lipinski definition) is 2. The highest BCUT2D eigenvalue weighted by atomic mass is 127. The molecule has 25 heavy (non-hydrogen) atoms. The van der Waals surface area contributed by atoms with Crippen molar-refractivity contribution in [2.75, 3.05) is 33.4 Å². The van der Waals surface area contributed by atoms with Gasteiger partial charge in [0, 0.05) is 40.0 Å². The quantitative estimate of drug-likeness (QED) is 0.282. The van der Waals surface area contributed by atoms with Crippen LogP contribution in [0.5, 0.6) is 0 Å². The standard InChI is InChI=1S/C18H28FN3O2.HI/c1-14-12-15(4-5-17(14)19)13-22-18(20-2)21-8-3-9-24-16-6-10-23-11-7-16;/h4-5,12,16H,3,6-11,13H2,1-2H3,(H2,20,21,22);1H. The minimum Gasteiger partial charge on any atom is -0.381 e. The summed E-state index contributed by atoms with van der Waals surface area (Å²) in [6.07, 6.45) is 3.26. The third-order valence-corrected chi connectivity index (χ3v) is 4.04. The van der Waals surface area contributed by atoms with Crippen LogP contribution in [0.2, 0.25) is 0 Å². The fourth-order valence-corrected chi connectivity index (χ4v) is 2.59. The lowest BCUT2D eigenvalue weighted by Crippen LogP contribution is -2.37. The zero-order valence-electron chi connectivity index (χ0n) is 15.0. The average Bonchev–Trinajstić information content (AvgIpc) is 2.61.